The first-order valence-corrected chi connectivity index (χ1v) is 7.65. The molecule has 1 nitrogen and oxygen atoms in total. The summed E-state index contributed by atoms with van der Waals surface area (Å²) in [6.45, 7) is 13.4. The van der Waals surface area contributed by atoms with Crippen LogP contribution in [0, 0.1) is 10.8 Å². The molecule has 0 aromatic heterocycles. The topological polar surface area (TPSA) is 17.1 Å². The lowest BCUT2D eigenvalue weighted by Gasteiger charge is -2.43. The van der Waals surface area contributed by atoms with E-state index in [-0.39, 0.29) is 16.6 Å². The molecule has 21 heavy (non-hydrogen) atoms. The van der Waals surface area contributed by atoms with E-state index in [4.69, 9.17) is 0 Å². The molecule has 0 spiro atoms. The number of ketones is 1. The number of Topliss-reactive ketones (excluding diaryl/α,β-unsaturated/α-hetero) is 1. The van der Waals surface area contributed by atoms with Gasteiger partial charge in [-0.25, -0.2) is 0 Å². The lowest BCUT2D eigenvalue weighted by Crippen LogP contribution is -2.35. The normalized spacial score (nSPS) is 22.5. The Morgan fingerprint density at radius 2 is 1.67 bits per heavy atom. The van der Waals surface area contributed by atoms with Gasteiger partial charge in [-0.05, 0) is 24.8 Å². The number of hydrogen-bond acceptors (Lipinski definition) is 1. The zero-order valence-corrected chi connectivity index (χ0v) is 14.1. The Morgan fingerprint density at radius 1 is 1.10 bits per heavy atom. The number of benzene rings is 1. The van der Waals surface area contributed by atoms with Crippen molar-refractivity contribution >= 4 is 5.78 Å². The number of hydrogen-bond donors (Lipinski definition) is 0. The molecule has 0 saturated heterocycles. The van der Waals surface area contributed by atoms with Crippen LogP contribution in [-0.2, 0) is 0 Å². The van der Waals surface area contributed by atoms with E-state index in [9.17, 15) is 4.79 Å². The Labute approximate surface area is 128 Å². The Bertz CT molecular complexity index is 611. The van der Waals surface area contributed by atoms with Crippen molar-refractivity contribution in [1.82, 2.24) is 0 Å². The molecule has 2 rings (SSSR count). The van der Waals surface area contributed by atoms with Crippen molar-refractivity contribution < 1.29 is 4.79 Å². The highest BCUT2D eigenvalue weighted by molar-refractivity contribution is 5.98. The van der Waals surface area contributed by atoms with Crippen molar-refractivity contribution in [2.24, 2.45) is 10.8 Å². The SMILES string of the molecule is CC1=CC(C)=C(CC(=O)c2ccccc2)C1(C)C(C)(C)C. The van der Waals surface area contributed by atoms with E-state index in [1.165, 1.54) is 16.7 Å². The summed E-state index contributed by atoms with van der Waals surface area (Å²) in [6, 6.07) is 9.61. The van der Waals surface area contributed by atoms with Gasteiger partial charge in [0.05, 0.1) is 0 Å². The first kappa shape index (κ1) is 15.8. The zero-order chi connectivity index (χ0) is 15.8. The van der Waals surface area contributed by atoms with E-state index in [0.717, 1.165) is 5.56 Å². The maximum atomic E-state index is 12.6. The van der Waals surface area contributed by atoms with Crippen LogP contribution >= 0.6 is 0 Å². The lowest BCUT2D eigenvalue weighted by molar-refractivity contribution is 0.0977. The maximum absolute atomic E-state index is 12.6. The van der Waals surface area contributed by atoms with Crippen molar-refractivity contribution in [3.8, 4) is 0 Å². The van der Waals surface area contributed by atoms with Crippen LogP contribution in [0.3, 0.4) is 0 Å². The van der Waals surface area contributed by atoms with Crippen molar-refractivity contribution in [2.75, 3.05) is 0 Å². The first-order chi connectivity index (χ1) is 9.68. The van der Waals surface area contributed by atoms with Crippen molar-refractivity contribution in [1.29, 1.82) is 0 Å². The molecule has 1 aliphatic rings. The maximum Gasteiger partial charge on any atom is 0.166 e. The molecule has 0 amide bonds. The van der Waals surface area contributed by atoms with Gasteiger partial charge >= 0.3 is 0 Å². The third-order valence-corrected chi connectivity index (χ3v) is 5.23. The number of rotatable bonds is 3. The van der Waals surface area contributed by atoms with Crippen LogP contribution in [-0.4, -0.2) is 5.78 Å². The molecule has 1 unspecified atom stereocenters. The molecule has 0 N–H and O–H groups in total. The molecule has 0 radical (unpaired) electrons. The molecule has 1 aromatic rings. The second kappa shape index (κ2) is 5.29. The van der Waals surface area contributed by atoms with E-state index in [1.54, 1.807) is 0 Å². The highest BCUT2D eigenvalue weighted by atomic mass is 16.1. The summed E-state index contributed by atoms with van der Waals surface area (Å²) in [5, 5.41) is 0. The molecule has 0 heterocycles. The van der Waals surface area contributed by atoms with Gasteiger partial charge in [0.25, 0.3) is 0 Å². The van der Waals surface area contributed by atoms with Gasteiger partial charge in [0.1, 0.15) is 0 Å². The van der Waals surface area contributed by atoms with E-state index < -0.39 is 0 Å². The van der Waals surface area contributed by atoms with Crippen LogP contribution in [0.4, 0.5) is 0 Å². The van der Waals surface area contributed by atoms with Crippen LogP contribution in [0.2, 0.25) is 0 Å². The minimum absolute atomic E-state index is 0.0402. The minimum Gasteiger partial charge on any atom is -0.294 e. The predicted octanol–water partition coefficient (Wildman–Crippen LogP) is 5.59. The minimum atomic E-state index is -0.0402. The van der Waals surface area contributed by atoms with E-state index in [2.05, 4.69) is 47.6 Å². The molecule has 0 saturated carbocycles. The number of allylic oxidation sites excluding steroid dienone is 4. The molecule has 1 atom stereocenters. The fourth-order valence-electron chi connectivity index (χ4n) is 3.44. The van der Waals surface area contributed by atoms with Gasteiger partial charge in [-0.1, -0.05) is 75.2 Å². The Balaban J connectivity index is 2.36. The van der Waals surface area contributed by atoms with E-state index >= 15 is 0 Å². The summed E-state index contributed by atoms with van der Waals surface area (Å²) in [5.41, 5.74) is 4.76. The van der Waals surface area contributed by atoms with Crippen LogP contribution in [0.1, 0.15) is 58.3 Å². The van der Waals surface area contributed by atoms with Gasteiger partial charge in [-0.3, -0.25) is 4.79 Å². The van der Waals surface area contributed by atoms with Gasteiger partial charge in [0, 0.05) is 17.4 Å². The molecular formula is C20H26O. The monoisotopic (exact) mass is 282 g/mol. The van der Waals surface area contributed by atoms with Crippen LogP contribution < -0.4 is 0 Å². The molecular weight excluding hydrogens is 256 g/mol. The van der Waals surface area contributed by atoms with Crippen LogP contribution in [0.5, 0.6) is 0 Å². The van der Waals surface area contributed by atoms with Crippen molar-refractivity contribution in [3.05, 3.63) is 58.7 Å². The third-order valence-electron chi connectivity index (χ3n) is 5.23. The molecule has 1 aliphatic carbocycles. The highest BCUT2D eigenvalue weighted by Gasteiger charge is 2.45. The largest absolute Gasteiger partial charge is 0.294 e. The third kappa shape index (κ3) is 2.62. The quantitative estimate of drug-likeness (QED) is 0.661. The zero-order valence-electron chi connectivity index (χ0n) is 14.1. The second-order valence-corrected chi connectivity index (χ2v) is 7.33. The number of carbonyl (C=O) groups is 1. The summed E-state index contributed by atoms with van der Waals surface area (Å²) in [7, 11) is 0. The summed E-state index contributed by atoms with van der Waals surface area (Å²) in [6.07, 6.45) is 2.76. The molecule has 0 bridgehead atoms. The van der Waals surface area contributed by atoms with E-state index in [1.807, 2.05) is 30.3 Å². The van der Waals surface area contributed by atoms with Gasteiger partial charge in [0.15, 0.2) is 5.78 Å². The molecule has 1 heteroatoms. The summed E-state index contributed by atoms with van der Waals surface area (Å²) < 4.78 is 0. The smallest absolute Gasteiger partial charge is 0.166 e. The fourth-order valence-corrected chi connectivity index (χ4v) is 3.44. The summed E-state index contributed by atoms with van der Waals surface area (Å²) >= 11 is 0. The van der Waals surface area contributed by atoms with Crippen LogP contribution in [0.25, 0.3) is 0 Å². The first-order valence-electron chi connectivity index (χ1n) is 7.65. The molecule has 1 aromatic carbocycles. The van der Waals surface area contributed by atoms with Crippen LogP contribution in [0.15, 0.2) is 53.1 Å². The Kier molecular flexibility index (Phi) is 3.97. The Morgan fingerprint density at radius 3 is 2.19 bits per heavy atom. The fraction of sp³-hybridized carbons (Fsp3) is 0.450. The van der Waals surface area contributed by atoms with Gasteiger partial charge in [0.2, 0.25) is 0 Å². The predicted molar refractivity (Wildman–Crippen MR) is 89.4 cm³/mol. The lowest BCUT2D eigenvalue weighted by atomic mass is 9.60. The van der Waals surface area contributed by atoms with Gasteiger partial charge in [-0.15, -0.1) is 0 Å². The standard InChI is InChI=1S/C20H26O/c1-14-12-15(2)20(6,19(3,4)5)17(14)13-18(21)16-10-8-7-9-11-16/h7-12H,13H2,1-6H3. The highest BCUT2D eigenvalue weighted by Crippen LogP contribution is 2.55. The van der Waals surface area contributed by atoms with Crippen molar-refractivity contribution in [2.45, 2.75) is 48.0 Å². The second-order valence-electron chi connectivity index (χ2n) is 7.33. The Hall–Kier alpha value is -1.63. The van der Waals surface area contributed by atoms with E-state index in [0.29, 0.717) is 6.42 Å². The summed E-state index contributed by atoms with van der Waals surface area (Å²) in [4.78, 5) is 12.6. The molecule has 0 aliphatic heterocycles. The number of carbonyl (C=O) groups excluding carboxylic acids is 1. The van der Waals surface area contributed by atoms with Crippen molar-refractivity contribution in [3.63, 3.8) is 0 Å². The molecule has 0 fully saturated rings. The summed E-state index contributed by atoms with van der Waals surface area (Å²) in [5.74, 6) is 0.212. The average molecular weight is 282 g/mol. The molecule has 112 valence electrons. The van der Waals surface area contributed by atoms with Gasteiger partial charge in [-0.2, -0.15) is 0 Å². The van der Waals surface area contributed by atoms with Gasteiger partial charge < -0.3 is 0 Å². The average Bonchev–Trinajstić information content (AvgIpc) is 2.63.